The largest absolute Gasteiger partial charge is 0.467 e. The third-order valence-electron chi connectivity index (χ3n) is 3.86. The summed E-state index contributed by atoms with van der Waals surface area (Å²) in [4.78, 5) is 4.25. The highest BCUT2D eigenvalue weighted by atomic mass is 32.2. The Morgan fingerprint density at radius 2 is 2.12 bits per heavy atom. The number of nitrogens with one attached hydrogen (secondary N) is 1. The van der Waals surface area contributed by atoms with Gasteiger partial charge in [0.2, 0.25) is 0 Å². The van der Waals surface area contributed by atoms with Crippen LogP contribution in [-0.4, -0.2) is 34.3 Å². The summed E-state index contributed by atoms with van der Waals surface area (Å²) in [6.07, 6.45) is 6.47. The molecule has 3 aromatic rings. The van der Waals surface area contributed by atoms with E-state index in [1.807, 2.05) is 13.8 Å². The number of sulfonamides is 1. The van der Waals surface area contributed by atoms with Crippen LogP contribution in [0.1, 0.15) is 37.4 Å². The van der Waals surface area contributed by atoms with Gasteiger partial charge < -0.3 is 8.98 Å². The van der Waals surface area contributed by atoms with E-state index in [0.717, 1.165) is 5.82 Å². The molecule has 9 heteroatoms. The Bertz CT molecular complexity index is 877. The van der Waals surface area contributed by atoms with Crippen molar-refractivity contribution in [1.82, 2.24) is 24.1 Å². The van der Waals surface area contributed by atoms with Crippen LogP contribution in [0.15, 0.2) is 52.5 Å². The quantitative estimate of drug-likeness (QED) is 0.692. The molecule has 3 heterocycles. The smallest absolute Gasteiger partial charge is 0.259 e. The van der Waals surface area contributed by atoms with E-state index in [1.165, 1.54) is 6.20 Å². The lowest BCUT2D eigenvalue weighted by atomic mass is 10.2. The Hall–Kier alpha value is -2.39. The molecule has 0 spiro atoms. The van der Waals surface area contributed by atoms with E-state index in [1.54, 1.807) is 53.2 Å². The van der Waals surface area contributed by atoms with Crippen molar-refractivity contribution >= 4 is 10.0 Å². The first-order chi connectivity index (χ1) is 11.9. The van der Waals surface area contributed by atoms with Crippen LogP contribution in [-0.2, 0) is 17.1 Å². The van der Waals surface area contributed by atoms with Crippen LogP contribution in [0.2, 0.25) is 0 Å². The van der Waals surface area contributed by atoms with Gasteiger partial charge in [0.1, 0.15) is 17.6 Å². The first-order valence-electron chi connectivity index (χ1n) is 7.94. The molecule has 0 aliphatic rings. The summed E-state index contributed by atoms with van der Waals surface area (Å²) in [5.41, 5.74) is 0. The van der Waals surface area contributed by atoms with Crippen LogP contribution < -0.4 is 4.72 Å². The molecule has 0 saturated heterocycles. The van der Waals surface area contributed by atoms with Gasteiger partial charge in [-0.25, -0.2) is 18.1 Å². The van der Waals surface area contributed by atoms with Gasteiger partial charge in [0.05, 0.1) is 6.26 Å². The van der Waals surface area contributed by atoms with Crippen LogP contribution in [0.25, 0.3) is 0 Å². The second kappa shape index (κ2) is 6.85. The van der Waals surface area contributed by atoms with Crippen molar-refractivity contribution < 1.29 is 12.8 Å². The van der Waals surface area contributed by atoms with E-state index in [9.17, 15) is 8.42 Å². The van der Waals surface area contributed by atoms with E-state index >= 15 is 0 Å². The minimum Gasteiger partial charge on any atom is -0.467 e. The number of hydrogen-bond donors (Lipinski definition) is 1. The van der Waals surface area contributed by atoms with E-state index in [-0.39, 0.29) is 23.5 Å². The van der Waals surface area contributed by atoms with Crippen molar-refractivity contribution in [2.24, 2.45) is 7.05 Å². The number of hydrogen-bond acceptors (Lipinski definition) is 5. The molecule has 0 aliphatic heterocycles. The molecule has 0 amide bonds. The van der Waals surface area contributed by atoms with Crippen LogP contribution in [0.5, 0.6) is 0 Å². The highest BCUT2D eigenvalue weighted by Crippen LogP contribution is 2.19. The lowest BCUT2D eigenvalue weighted by molar-refractivity contribution is 0.402. The van der Waals surface area contributed by atoms with Crippen molar-refractivity contribution in [2.75, 3.05) is 6.54 Å². The Morgan fingerprint density at radius 1 is 1.32 bits per heavy atom. The van der Waals surface area contributed by atoms with E-state index in [0.29, 0.717) is 5.76 Å². The molecule has 0 aliphatic carbocycles. The van der Waals surface area contributed by atoms with Gasteiger partial charge >= 0.3 is 0 Å². The molecule has 3 aromatic heterocycles. The zero-order chi connectivity index (χ0) is 18.0. The minimum absolute atomic E-state index is 0.0114. The lowest BCUT2D eigenvalue weighted by Gasteiger charge is -2.15. The highest BCUT2D eigenvalue weighted by molar-refractivity contribution is 7.89. The fourth-order valence-corrected chi connectivity index (χ4v) is 3.69. The van der Waals surface area contributed by atoms with Crippen LogP contribution >= 0.6 is 0 Å². The first-order valence-corrected chi connectivity index (χ1v) is 9.42. The van der Waals surface area contributed by atoms with Crippen LogP contribution in [0.3, 0.4) is 0 Å². The highest BCUT2D eigenvalue weighted by Gasteiger charge is 2.24. The lowest BCUT2D eigenvalue weighted by Crippen LogP contribution is -2.31. The number of rotatable bonds is 7. The molecule has 3 rings (SSSR count). The molecular weight excluding hydrogens is 342 g/mol. The maximum atomic E-state index is 12.6. The standard InChI is InChI=1S/C16H21N5O3S/c1-12(2)16-19-15(11-20(16)3)25(22,23)18-10-13(14-6-4-9-24-14)21-8-5-7-17-21/h4-9,11-13,18H,10H2,1-3H3/t13-/m0/s1. The number of imidazole rings is 1. The Kier molecular flexibility index (Phi) is 4.78. The fraction of sp³-hybridized carbons (Fsp3) is 0.375. The van der Waals surface area contributed by atoms with Gasteiger partial charge in [-0.2, -0.15) is 5.10 Å². The van der Waals surface area contributed by atoms with E-state index < -0.39 is 10.0 Å². The monoisotopic (exact) mass is 363 g/mol. The SMILES string of the molecule is CC(C)c1nc(S(=O)(=O)NC[C@@H](c2ccco2)n2cccn2)cn1C. The first kappa shape index (κ1) is 17.4. The molecule has 0 fully saturated rings. The molecule has 134 valence electrons. The van der Waals surface area contributed by atoms with E-state index in [2.05, 4.69) is 14.8 Å². The number of furan rings is 1. The average molecular weight is 363 g/mol. The molecule has 0 unspecified atom stereocenters. The van der Waals surface area contributed by atoms with Gasteiger partial charge in [-0.05, 0) is 18.2 Å². The molecule has 0 radical (unpaired) electrons. The molecule has 1 N–H and O–H groups in total. The van der Waals surface area contributed by atoms with Crippen LogP contribution in [0, 0.1) is 0 Å². The van der Waals surface area contributed by atoms with Crippen molar-refractivity contribution in [3.63, 3.8) is 0 Å². The van der Waals surface area contributed by atoms with Gasteiger partial charge in [0.25, 0.3) is 10.0 Å². The summed E-state index contributed by atoms with van der Waals surface area (Å²) in [6.45, 7) is 4.04. The second-order valence-corrected chi connectivity index (χ2v) is 7.79. The van der Waals surface area contributed by atoms with Gasteiger partial charge in [-0.3, -0.25) is 4.68 Å². The van der Waals surface area contributed by atoms with Gasteiger partial charge in [0, 0.05) is 38.1 Å². The predicted molar refractivity (Wildman–Crippen MR) is 91.6 cm³/mol. The third-order valence-corrected chi connectivity index (χ3v) is 5.16. The molecular formula is C16H21N5O3S. The summed E-state index contributed by atoms with van der Waals surface area (Å²) in [5, 5.41) is 4.20. The van der Waals surface area contributed by atoms with Crippen LogP contribution in [0.4, 0.5) is 0 Å². The topological polar surface area (TPSA) is 94.9 Å². The molecule has 8 nitrogen and oxygen atoms in total. The summed E-state index contributed by atoms with van der Waals surface area (Å²) in [5.74, 6) is 1.47. The molecule has 1 atom stereocenters. The maximum Gasteiger partial charge on any atom is 0.259 e. The zero-order valence-electron chi connectivity index (χ0n) is 14.3. The summed E-state index contributed by atoms with van der Waals surface area (Å²) in [6, 6.07) is 4.94. The Morgan fingerprint density at radius 3 is 2.68 bits per heavy atom. The third kappa shape index (κ3) is 3.67. The maximum absolute atomic E-state index is 12.6. The number of aryl methyl sites for hydroxylation is 1. The van der Waals surface area contributed by atoms with Gasteiger partial charge in [-0.15, -0.1) is 0 Å². The number of nitrogens with zero attached hydrogens (tertiary/aromatic N) is 4. The fourth-order valence-electron chi connectivity index (χ4n) is 2.65. The Balaban J connectivity index is 1.82. The van der Waals surface area contributed by atoms with Crippen molar-refractivity contribution in [3.05, 3.63) is 54.6 Å². The summed E-state index contributed by atoms with van der Waals surface area (Å²) >= 11 is 0. The summed E-state index contributed by atoms with van der Waals surface area (Å²) < 4.78 is 36.7. The Labute approximate surface area is 146 Å². The normalized spacial score (nSPS) is 13.4. The molecule has 0 bridgehead atoms. The van der Waals surface area contributed by atoms with Gasteiger partial charge in [0.15, 0.2) is 5.03 Å². The summed E-state index contributed by atoms with van der Waals surface area (Å²) in [7, 11) is -1.95. The zero-order valence-corrected chi connectivity index (χ0v) is 15.1. The number of aromatic nitrogens is 4. The predicted octanol–water partition coefficient (Wildman–Crippen LogP) is 1.90. The second-order valence-electron chi connectivity index (χ2n) is 6.07. The van der Waals surface area contributed by atoms with Gasteiger partial charge in [-0.1, -0.05) is 13.8 Å². The minimum atomic E-state index is -3.74. The van der Waals surface area contributed by atoms with Crippen molar-refractivity contribution in [1.29, 1.82) is 0 Å². The average Bonchev–Trinajstić information content (AvgIpc) is 3.28. The van der Waals surface area contributed by atoms with Crippen molar-refractivity contribution in [2.45, 2.75) is 30.8 Å². The van der Waals surface area contributed by atoms with E-state index in [4.69, 9.17) is 4.42 Å². The van der Waals surface area contributed by atoms with Crippen molar-refractivity contribution in [3.8, 4) is 0 Å². The molecule has 0 saturated carbocycles. The molecule has 25 heavy (non-hydrogen) atoms. The molecule has 0 aromatic carbocycles.